The van der Waals surface area contributed by atoms with E-state index in [1.807, 2.05) is 12.1 Å². The summed E-state index contributed by atoms with van der Waals surface area (Å²) in [5, 5.41) is 12.9. The van der Waals surface area contributed by atoms with E-state index in [4.69, 9.17) is 28.3 Å². The van der Waals surface area contributed by atoms with Gasteiger partial charge in [-0.25, -0.2) is 0 Å². The van der Waals surface area contributed by atoms with Gasteiger partial charge in [0, 0.05) is 48.3 Å². The van der Waals surface area contributed by atoms with Crippen LogP contribution in [0.3, 0.4) is 0 Å². The average molecular weight is 522 g/mol. The first-order valence-electron chi connectivity index (χ1n) is 8.94. The second-order valence-corrected chi connectivity index (χ2v) is 7.76. The largest absolute Gasteiger partial charge is 0.353 e. The van der Waals surface area contributed by atoms with Gasteiger partial charge in [0.2, 0.25) is 0 Å². The van der Waals surface area contributed by atoms with Crippen LogP contribution < -0.4 is 10.6 Å². The third kappa shape index (κ3) is 5.74. The van der Waals surface area contributed by atoms with Crippen molar-refractivity contribution in [2.75, 3.05) is 7.05 Å². The molecule has 1 atom stereocenters. The van der Waals surface area contributed by atoms with Gasteiger partial charge < -0.3 is 10.6 Å². The summed E-state index contributed by atoms with van der Waals surface area (Å²) in [5.41, 5.74) is 3.55. The Balaban J connectivity index is 0.00000261. The van der Waals surface area contributed by atoms with Crippen molar-refractivity contribution in [3.8, 4) is 0 Å². The Morgan fingerprint density at radius 1 is 1.37 bits per heavy atom. The molecule has 3 rings (SSSR count). The third-order valence-corrected chi connectivity index (χ3v) is 5.24. The van der Waals surface area contributed by atoms with E-state index in [1.54, 1.807) is 13.1 Å². The molecule has 27 heavy (non-hydrogen) atoms. The fraction of sp³-hybridized carbons (Fsp3) is 0.474. The zero-order chi connectivity index (χ0) is 18.7. The molecule has 2 N–H and O–H groups in total. The molecule has 1 unspecified atom stereocenters. The van der Waals surface area contributed by atoms with Crippen molar-refractivity contribution in [3.05, 3.63) is 51.3 Å². The second-order valence-electron chi connectivity index (χ2n) is 6.92. The van der Waals surface area contributed by atoms with Crippen LogP contribution in [0.15, 0.2) is 29.4 Å². The maximum Gasteiger partial charge on any atom is 0.191 e. The fourth-order valence-electron chi connectivity index (χ4n) is 3.13. The van der Waals surface area contributed by atoms with Crippen molar-refractivity contribution in [1.82, 2.24) is 20.4 Å². The number of benzene rings is 1. The molecule has 0 spiro atoms. The molecule has 2 aromatic rings. The number of halogens is 3. The normalized spacial score (nSPS) is 16.7. The lowest BCUT2D eigenvalue weighted by atomic mass is 9.94. The molecule has 0 amide bonds. The Kier molecular flexibility index (Phi) is 8.24. The minimum atomic E-state index is 0. The smallest absolute Gasteiger partial charge is 0.191 e. The summed E-state index contributed by atoms with van der Waals surface area (Å²) in [6.45, 7) is 4.90. The number of nitrogens with zero attached hydrogens (tertiary/aromatic N) is 3. The first kappa shape index (κ1) is 22.3. The van der Waals surface area contributed by atoms with Crippen LogP contribution in [-0.4, -0.2) is 28.8 Å². The Bertz CT molecular complexity index is 803. The van der Waals surface area contributed by atoms with Gasteiger partial charge in [-0.1, -0.05) is 29.3 Å². The minimum absolute atomic E-state index is 0. The summed E-state index contributed by atoms with van der Waals surface area (Å²) >= 11 is 12.2. The highest BCUT2D eigenvalue weighted by atomic mass is 127. The molecule has 5 nitrogen and oxygen atoms in total. The highest BCUT2D eigenvalue weighted by Gasteiger charge is 2.23. The quantitative estimate of drug-likeness (QED) is 0.351. The van der Waals surface area contributed by atoms with Gasteiger partial charge in [0.1, 0.15) is 0 Å². The van der Waals surface area contributed by atoms with E-state index < -0.39 is 0 Å². The molecule has 0 radical (unpaired) electrons. The summed E-state index contributed by atoms with van der Waals surface area (Å²) in [5.74, 6) is 0.771. The van der Waals surface area contributed by atoms with Crippen LogP contribution in [0.25, 0.3) is 0 Å². The third-order valence-electron chi connectivity index (χ3n) is 4.65. The standard InChI is InChI=1S/C19H25Cl2N5.HI/c1-12(2)26-11-14-5-7-16(9-18(14)25-26)24-19(22-3)23-10-13-4-6-15(20)8-17(13)21;/h4,6,8,11-12,16H,5,7,9-10H2,1-3H3,(H2,22,23,24);1H. The van der Waals surface area contributed by atoms with Gasteiger partial charge in [-0.15, -0.1) is 24.0 Å². The number of hydrogen-bond acceptors (Lipinski definition) is 2. The molecule has 1 aliphatic carbocycles. The SMILES string of the molecule is CN=C(NCc1ccc(Cl)cc1Cl)NC1CCc2cn(C(C)C)nc2C1.I. The molecule has 0 fully saturated rings. The maximum absolute atomic E-state index is 6.24. The molecule has 1 heterocycles. The van der Waals surface area contributed by atoms with Crippen LogP contribution in [0, 0.1) is 0 Å². The molecule has 148 valence electrons. The predicted molar refractivity (Wildman–Crippen MR) is 124 cm³/mol. The lowest BCUT2D eigenvalue weighted by Gasteiger charge is -2.24. The number of nitrogens with one attached hydrogen (secondary N) is 2. The number of fused-ring (bicyclic) bond motifs is 1. The molecule has 8 heteroatoms. The maximum atomic E-state index is 6.24. The number of aromatic nitrogens is 2. The highest BCUT2D eigenvalue weighted by molar-refractivity contribution is 14.0. The summed E-state index contributed by atoms with van der Waals surface area (Å²) in [6.07, 6.45) is 5.21. The monoisotopic (exact) mass is 521 g/mol. The van der Waals surface area contributed by atoms with Gasteiger partial charge in [0.15, 0.2) is 5.96 Å². The van der Waals surface area contributed by atoms with E-state index in [0.717, 1.165) is 30.8 Å². The summed E-state index contributed by atoms with van der Waals surface area (Å²) in [7, 11) is 1.78. The Morgan fingerprint density at radius 2 is 2.15 bits per heavy atom. The number of rotatable bonds is 4. The molecule has 0 aliphatic heterocycles. The van der Waals surface area contributed by atoms with Crippen LogP contribution >= 0.6 is 47.2 Å². The lowest BCUT2D eigenvalue weighted by molar-refractivity contribution is 0.499. The molecule has 0 bridgehead atoms. The van der Waals surface area contributed by atoms with Crippen molar-refractivity contribution in [1.29, 1.82) is 0 Å². The van der Waals surface area contributed by atoms with Crippen LogP contribution in [0.5, 0.6) is 0 Å². The van der Waals surface area contributed by atoms with Crippen LogP contribution in [-0.2, 0) is 19.4 Å². The van der Waals surface area contributed by atoms with Gasteiger partial charge in [-0.2, -0.15) is 5.10 Å². The van der Waals surface area contributed by atoms with Crippen molar-refractivity contribution in [2.24, 2.45) is 4.99 Å². The summed E-state index contributed by atoms with van der Waals surface area (Å²) in [4.78, 5) is 4.33. The molecule has 1 aromatic heterocycles. The Morgan fingerprint density at radius 3 is 2.81 bits per heavy atom. The number of guanidine groups is 1. The van der Waals surface area contributed by atoms with Gasteiger partial charge in [-0.3, -0.25) is 9.67 Å². The van der Waals surface area contributed by atoms with Crippen LogP contribution in [0.1, 0.15) is 43.1 Å². The fourth-order valence-corrected chi connectivity index (χ4v) is 3.61. The zero-order valence-corrected chi connectivity index (χ0v) is 19.6. The van der Waals surface area contributed by atoms with Gasteiger partial charge in [0.05, 0.1) is 5.69 Å². The van der Waals surface area contributed by atoms with E-state index in [0.29, 0.717) is 28.7 Å². The average Bonchev–Trinajstić information content (AvgIpc) is 3.03. The van der Waals surface area contributed by atoms with E-state index in [2.05, 4.69) is 40.4 Å². The van der Waals surface area contributed by atoms with Gasteiger partial charge in [-0.05, 0) is 49.9 Å². The molecule has 0 saturated heterocycles. The number of aryl methyl sites for hydroxylation is 1. The Hall–Kier alpha value is -0.990. The van der Waals surface area contributed by atoms with Crippen molar-refractivity contribution in [2.45, 2.75) is 51.7 Å². The van der Waals surface area contributed by atoms with E-state index in [1.165, 1.54) is 11.3 Å². The molecule has 1 aliphatic rings. The van der Waals surface area contributed by atoms with Gasteiger partial charge >= 0.3 is 0 Å². The van der Waals surface area contributed by atoms with Gasteiger partial charge in [0.25, 0.3) is 0 Å². The van der Waals surface area contributed by atoms with Crippen molar-refractivity contribution >= 4 is 53.1 Å². The molecular formula is C19H26Cl2IN5. The second kappa shape index (κ2) is 9.98. The van der Waals surface area contributed by atoms with Crippen LogP contribution in [0.2, 0.25) is 10.0 Å². The summed E-state index contributed by atoms with van der Waals surface area (Å²) in [6, 6.07) is 6.24. The highest BCUT2D eigenvalue weighted by Crippen LogP contribution is 2.22. The van der Waals surface area contributed by atoms with Crippen molar-refractivity contribution in [3.63, 3.8) is 0 Å². The van der Waals surface area contributed by atoms with Crippen LogP contribution in [0.4, 0.5) is 0 Å². The van der Waals surface area contributed by atoms with E-state index >= 15 is 0 Å². The number of aliphatic imine (C=N–C) groups is 1. The zero-order valence-electron chi connectivity index (χ0n) is 15.8. The molecular weight excluding hydrogens is 496 g/mol. The molecule has 0 saturated carbocycles. The van der Waals surface area contributed by atoms with Crippen molar-refractivity contribution < 1.29 is 0 Å². The van der Waals surface area contributed by atoms with E-state index in [-0.39, 0.29) is 24.0 Å². The number of hydrogen-bond donors (Lipinski definition) is 2. The topological polar surface area (TPSA) is 54.2 Å². The summed E-state index contributed by atoms with van der Waals surface area (Å²) < 4.78 is 2.06. The minimum Gasteiger partial charge on any atom is -0.353 e. The first-order valence-corrected chi connectivity index (χ1v) is 9.70. The lowest BCUT2D eigenvalue weighted by Crippen LogP contribution is -2.45. The first-order chi connectivity index (χ1) is 12.5. The predicted octanol–water partition coefficient (Wildman–Crippen LogP) is 4.61. The molecule has 1 aromatic carbocycles. The Labute approximate surface area is 187 Å². The van der Waals surface area contributed by atoms with E-state index in [9.17, 15) is 0 Å².